The molecule has 0 radical (unpaired) electrons. The maximum atomic E-state index is 11.7. The fourth-order valence-corrected chi connectivity index (χ4v) is 2.28. The average molecular weight is 282 g/mol. The molecule has 0 unspecified atom stereocenters. The third kappa shape index (κ3) is 6.20. The Labute approximate surface area is 114 Å². The fourth-order valence-electron chi connectivity index (χ4n) is 1.49. The quantitative estimate of drug-likeness (QED) is 0.593. The average Bonchev–Trinajstić information content (AvgIpc) is 2.26. The van der Waals surface area contributed by atoms with E-state index in [4.69, 9.17) is 4.74 Å². The minimum absolute atomic E-state index is 0.0834. The number of rotatable bonds is 6. The van der Waals surface area contributed by atoms with Crippen molar-refractivity contribution in [3.8, 4) is 0 Å². The normalized spacial score (nSPS) is 11.1. The van der Waals surface area contributed by atoms with E-state index in [2.05, 4.69) is 6.58 Å². The van der Waals surface area contributed by atoms with Gasteiger partial charge in [-0.05, 0) is 24.6 Å². The van der Waals surface area contributed by atoms with Crippen LogP contribution in [0.15, 0.2) is 36.4 Å². The van der Waals surface area contributed by atoms with Gasteiger partial charge in [-0.1, -0.05) is 17.7 Å². The van der Waals surface area contributed by atoms with Crippen molar-refractivity contribution in [1.29, 1.82) is 0 Å². The molecule has 4 nitrogen and oxygen atoms in total. The van der Waals surface area contributed by atoms with E-state index in [9.17, 15) is 13.2 Å². The van der Waals surface area contributed by atoms with E-state index in [-0.39, 0.29) is 12.4 Å². The van der Waals surface area contributed by atoms with Crippen molar-refractivity contribution in [1.82, 2.24) is 0 Å². The van der Waals surface area contributed by atoms with Crippen molar-refractivity contribution in [2.75, 3.05) is 12.9 Å². The van der Waals surface area contributed by atoms with Crippen molar-refractivity contribution >= 4 is 15.8 Å². The van der Waals surface area contributed by atoms with Crippen LogP contribution in [0.5, 0.6) is 0 Å². The van der Waals surface area contributed by atoms with E-state index in [0.29, 0.717) is 17.5 Å². The number of benzene rings is 1. The third-order valence-electron chi connectivity index (χ3n) is 2.35. The lowest BCUT2D eigenvalue weighted by molar-refractivity contribution is 0.0509. The molecule has 0 amide bonds. The minimum atomic E-state index is -3.11. The molecule has 0 aromatic heterocycles. The first kappa shape index (κ1) is 15.4. The van der Waals surface area contributed by atoms with Gasteiger partial charge in [0.05, 0.1) is 17.9 Å². The molecular formula is C14H18O4S. The lowest BCUT2D eigenvalue weighted by atomic mass is 10.1. The van der Waals surface area contributed by atoms with Gasteiger partial charge in [0.25, 0.3) is 0 Å². The SMILES string of the molecule is C=C(C)CCOC(=O)c1cccc(CS(C)(=O)=O)c1. The molecule has 1 rings (SSSR count). The van der Waals surface area contributed by atoms with Crippen molar-refractivity contribution in [3.05, 3.63) is 47.5 Å². The first-order chi connectivity index (χ1) is 8.78. The van der Waals surface area contributed by atoms with Gasteiger partial charge < -0.3 is 4.74 Å². The monoisotopic (exact) mass is 282 g/mol. The predicted molar refractivity (Wildman–Crippen MR) is 74.7 cm³/mol. The number of ether oxygens (including phenoxy) is 1. The Kier molecular flexibility index (Phi) is 5.30. The Morgan fingerprint density at radius 3 is 2.63 bits per heavy atom. The Bertz CT molecular complexity index is 573. The minimum Gasteiger partial charge on any atom is -0.462 e. The smallest absolute Gasteiger partial charge is 0.338 e. The topological polar surface area (TPSA) is 60.4 Å². The molecule has 5 heteroatoms. The fraction of sp³-hybridized carbons (Fsp3) is 0.357. The van der Waals surface area contributed by atoms with Gasteiger partial charge in [0.2, 0.25) is 0 Å². The molecule has 0 atom stereocenters. The number of esters is 1. The van der Waals surface area contributed by atoms with Crippen LogP contribution >= 0.6 is 0 Å². The first-order valence-corrected chi connectivity index (χ1v) is 7.92. The summed E-state index contributed by atoms with van der Waals surface area (Å²) in [5.41, 5.74) is 1.89. The number of carbonyl (C=O) groups excluding carboxylic acids is 1. The van der Waals surface area contributed by atoms with E-state index in [1.165, 1.54) is 0 Å². The van der Waals surface area contributed by atoms with Gasteiger partial charge in [0.1, 0.15) is 0 Å². The van der Waals surface area contributed by atoms with Crippen molar-refractivity contribution < 1.29 is 17.9 Å². The molecule has 1 aromatic rings. The summed E-state index contributed by atoms with van der Waals surface area (Å²) in [5.74, 6) is -0.531. The van der Waals surface area contributed by atoms with Gasteiger partial charge >= 0.3 is 5.97 Å². The highest BCUT2D eigenvalue weighted by Crippen LogP contribution is 2.10. The summed E-state index contributed by atoms with van der Waals surface area (Å²) in [6, 6.07) is 6.47. The highest BCUT2D eigenvalue weighted by Gasteiger charge is 2.10. The summed E-state index contributed by atoms with van der Waals surface area (Å²) in [4.78, 5) is 11.7. The van der Waals surface area contributed by atoms with Crippen LogP contribution in [-0.4, -0.2) is 27.2 Å². The highest BCUT2D eigenvalue weighted by molar-refractivity contribution is 7.89. The second kappa shape index (κ2) is 6.52. The summed E-state index contributed by atoms with van der Waals surface area (Å²) in [5, 5.41) is 0. The van der Waals surface area contributed by atoms with Crippen molar-refractivity contribution in [3.63, 3.8) is 0 Å². The van der Waals surface area contributed by atoms with Crippen LogP contribution in [0.2, 0.25) is 0 Å². The van der Waals surface area contributed by atoms with Crippen LogP contribution in [0.25, 0.3) is 0 Å². The lowest BCUT2D eigenvalue weighted by Crippen LogP contribution is -2.08. The molecule has 0 aliphatic carbocycles. The second-order valence-corrected chi connectivity index (χ2v) is 6.75. The Morgan fingerprint density at radius 1 is 1.37 bits per heavy atom. The van der Waals surface area contributed by atoms with Gasteiger partial charge in [-0.25, -0.2) is 13.2 Å². The van der Waals surface area contributed by atoms with Crippen LogP contribution in [-0.2, 0) is 20.3 Å². The summed E-state index contributed by atoms with van der Waals surface area (Å²) >= 11 is 0. The van der Waals surface area contributed by atoms with Crippen molar-refractivity contribution in [2.24, 2.45) is 0 Å². The molecule has 0 bridgehead atoms. The van der Waals surface area contributed by atoms with Crippen LogP contribution in [0, 0.1) is 0 Å². The standard InChI is InChI=1S/C14H18O4S/c1-11(2)7-8-18-14(15)13-6-4-5-12(9-13)10-19(3,16)17/h4-6,9H,1,7-8,10H2,2-3H3. The van der Waals surface area contributed by atoms with Crippen LogP contribution in [0.3, 0.4) is 0 Å². The second-order valence-electron chi connectivity index (χ2n) is 4.61. The van der Waals surface area contributed by atoms with Gasteiger partial charge in [0.15, 0.2) is 9.84 Å². The third-order valence-corrected chi connectivity index (χ3v) is 3.21. The van der Waals surface area contributed by atoms with E-state index < -0.39 is 15.8 Å². The van der Waals surface area contributed by atoms with E-state index in [1.54, 1.807) is 24.3 Å². The van der Waals surface area contributed by atoms with Gasteiger partial charge in [-0.3, -0.25) is 0 Å². The Hall–Kier alpha value is -1.62. The van der Waals surface area contributed by atoms with Gasteiger partial charge in [-0.2, -0.15) is 0 Å². The number of carbonyl (C=O) groups is 1. The molecule has 0 N–H and O–H groups in total. The molecule has 0 aliphatic heterocycles. The molecule has 104 valence electrons. The van der Waals surface area contributed by atoms with E-state index in [1.807, 2.05) is 6.92 Å². The molecule has 0 fully saturated rings. The Balaban J connectivity index is 2.70. The number of hydrogen-bond donors (Lipinski definition) is 0. The molecule has 0 aliphatic rings. The van der Waals surface area contributed by atoms with Gasteiger partial charge in [0, 0.05) is 12.7 Å². The molecule has 19 heavy (non-hydrogen) atoms. The summed E-state index contributed by atoms with van der Waals surface area (Å²) in [7, 11) is -3.11. The molecule has 0 saturated heterocycles. The zero-order valence-electron chi connectivity index (χ0n) is 11.2. The molecular weight excluding hydrogens is 264 g/mol. The summed E-state index contributed by atoms with van der Waals surface area (Å²) in [6.45, 7) is 5.87. The zero-order chi connectivity index (χ0) is 14.5. The largest absolute Gasteiger partial charge is 0.462 e. The number of hydrogen-bond acceptors (Lipinski definition) is 4. The van der Waals surface area contributed by atoms with E-state index in [0.717, 1.165) is 11.8 Å². The maximum Gasteiger partial charge on any atom is 0.338 e. The summed E-state index contributed by atoms with van der Waals surface area (Å²) in [6.07, 6.45) is 1.78. The lowest BCUT2D eigenvalue weighted by Gasteiger charge is -2.06. The van der Waals surface area contributed by atoms with E-state index >= 15 is 0 Å². The van der Waals surface area contributed by atoms with Crippen LogP contribution in [0.1, 0.15) is 29.3 Å². The molecule has 1 aromatic carbocycles. The molecule has 0 spiro atoms. The van der Waals surface area contributed by atoms with Crippen LogP contribution in [0.4, 0.5) is 0 Å². The zero-order valence-corrected chi connectivity index (χ0v) is 12.0. The first-order valence-electron chi connectivity index (χ1n) is 5.86. The van der Waals surface area contributed by atoms with Gasteiger partial charge in [-0.15, -0.1) is 6.58 Å². The predicted octanol–water partition coefficient (Wildman–Crippen LogP) is 2.35. The molecule has 0 heterocycles. The molecule has 0 saturated carbocycles. The maximum absolute atomic E-state index is 11.7. The number of sulfone groups is 1. The van der Waals surface area contributed by atoms with Crippen LogP contribution < -0.4 is 0 Å². The highest BCUT2D eigenvalue weighted by atomic mass is 32.2. The summed E-state index contributed by atoms with van der Waals surface area (Å²) < 4.78 is 27.5. The Morgan fingerprint density at radius 2 is 2.05 bits per heavy atom. The van der Waals surface area contributed by atoms with Crippen molar-refractivity contribution in [2.45, 2.75) is 19.1 Å².